The van der Waals surface area contributed by atoms with Gasteiger partial charge in [0.15, 0.2) is 0 Å². The van der Waals surface area contributed by atoms with Crippen LogP contribution in [0.15, 0.2) is 54.7 Å². The first-order valence-corrected chi connectivity index (χ1v) is 9.32. The van der Waals surface area contributed by atoms with Crippen LogP contribution in [0.1, 0.15) is 16.8 Å². The molecule has 0 spiro atoms. The van der Waals surface area contributed by atoms with Crippen LogP contribution in [0.3, 0.4) is 0 Å². The minimum absolute atomic E-state index is 0.198. The van der Waals surface area contributed by atoms with Crippen LogP contribution in [-0.2, 0) is 4.74 Å². The first-order valence-electron chi connectivity index (χ1n) is 9.32. The van der Waals surface area contributed by atoms with E-state index in [1.165, 1.54) is 0 Å². The number of nitrogens with zero attached hydrogens (tertiary/aromatic N) is 2. The highest BCUT2D eigenvalue weighted by molar-refractivity contribution is 6.00. The fraction of sp³-hybridized carbons (Fsp3) is 0.273. The van der Waals surface area contributed by atoms with Gasteiger partial charge in [0.05, 0.1) is 25.5 Å². The van der Waals surface area contributed by atoms with Gasteiger partial charge in [0.2, 0.25) is 0 Å². The van der Waals surface area contributed by atoms with Crippen LogP contribution in [0.5, 0.6) is 11.5 Å². The van der Waals surface area contributed by atoms with Gasteiger partial charge in [0.1, 0.15) is 17.2 Å². The number of ether oxygens (including phenoxy) is 3. The molecule has 29 heavy (non-hydrogen) atoms. The first-order chi connectivity index (χ1) is 14.2. The minimum atomic E-state index is -0.198. The summed E-state index contributed by atoms with van der Waals surface area (Å²) in [5.41, 5.74) is 2.58. The van der Waals surface area contributed by atoms with E-state index in [0.717, 1.165) is 12.1 Å². The van der Waals surface area contributed by atoms with E-state index in [1.54, 1.807) is 38.3 Å². The molecular formula is C22H25N3O4. The van der Waals surface area contributed by atoms with Gasteiger partial charge in [-0.2, -0.15) is 5.10 Å². The van der Waals surface area contributed by atoms with Crippen molar-refractivity contribution in [3.63, 3.8) is 0 Å². The Bertz CT molecular complexity index is 954. The minimum Gasteiger partial charge on any atom is -0.497 e. The largest absolute Gasteiger partial charge is 0.497 e. The zero-order chi connectivity index (χ0) is 20.6. The van der Waals surface area contributed by atoms with Gasteiger partial charge in [0, 0.05) is 38.1 Å². The number of carbonyl (C=O) groups is 1. The van der Waals surface area contributed by atoms with E-state index in [-0.39, 0.29) is 5.91 Å². The van der Waals surface area contributed by atoms with Crippen LogP contribution in [0, 0.1) is 0 Å². The number of hydrogen-bond donors (Lipinski definition) is 1. The Labute approximate surface area is 170 Å². The van der Waals surface area contributed by atoms with Crippen molar-refractivity contribution in [1.29, 1.82) is 0 Å². The summed E-state index contributed by atoms with van der Waals surface area (Å²) in [5, 5.41) is 7.62. The normalized spacial score (nSPS) is 10.6. The summed E-state index contributed by atoms with van der Waals surface area (Å²) in [6.45, 7) is 1.10. The Kier molecular flexibility index (Phi) is 6.86. The molecule has 0 atom stereocenters. The zero-order valence-electron chi connectivity index (χ0n) is 16.8. The number of aromatic nitrogens is 2. The first kappa shape index (κ1) is 20.4. The highest BCUT2D eigenvalue weighted by atomic mass is 16.5. The molecule has 1 heterocycles. The molecule has 1 aromatic heterocycles. The molecule has 0 radical (unpaired) electrons. The lowest BCUT2D eigenvalue weighted by Gasteiger charge is -2.10. The predicted molar refractivity (Wildman–Crippen MR) is 111 cm³/mol. The number of methoxy groups -OCH3 is 3. The van der Waals surface area contributed by atoms with Crippen molar-refractivity contribution in [2.45, 2.75) is 6.42 Å². The quantitative estimate of drug-likeness (QED) is 0.563. The van der Waals surface area contributed by atoms with Crippen LogP contribution in [0.4, 0.5) is 0 Å². The van der Waals surface area contributed by atoms with Crippen molar-refractivity contribution in [3.8, 4) is 28.4 Å². The molecule has 0 fully saturated rings. The number of carbonyl (C=O) groups excluding carboxylic acids is 1. The Morgan fingerprint density at radius 3 is 2.55 bits per heavy atom. The van der Waals surface area contributed by atoms with Gasteiger partial charge in [-0.1, -0.05) is 18.2 Å². The standard InChI is InChI=1S/C22H25N3O4/c1-27-13-7-12-23-22(26)19-15-25(16-8-5-4-6-9-16)24-21(19)18-11-10-17(28-2)14-20(18)29-3/h4-6,8-11,14-15H,7,12-13H2,1-3H3,(H,23,26). The van der Waals surface area contributed by atoms with Crippen molar-refractivity contribution >= 4 is 5.91 Å². The molecule has 2 aromatic carbocycles. The van der Waals surface area contributed by atoms with Gasteiger partial charge < -0.3 is 19.5 Å². The molecule has 7 heteroatoms. The molecule has 0 bridgehead atoms. The number of amides is 1. The monoisotopic (exact) mass is 395 g/mol. The van der Waals surface area contributed by atoms with E-state index in [9.17, 15) is 4.79 Å². The van der Waals surface area contributed by atoms with Crippen molar-refractivity contribution in [2.75, 3.05) is 34.5 Å². The number of para-hydroxylation sites is 1. The summed E-state index contributed by atoms with van der Waals surface area (Å²) >= 11 is 0. The molecule has 0 unspecified atom stereocenters. The number of benzene rings is 2. The van der Waals surface area contributed by atoms with Gasteiger partial charge in [-0.15, -0.1) is 0 Å². The van der Waals surface area contributed by atoms with E-state index in [0.29, 0.717) is 41.5 Å². The molecular weight excluding hydrogens is 370 g/mol. The van der Waals surface area contributed by atoms with Gasteiger partial charge in [-0.05, 0) is 30.7 Å². The Morgan fingerprint density at radius 1 is 1.07 bits per heavy atom. The Balaban J connectivity index is 2.02. The summed E-state index contributed by atoms with van der Waals surface area (Å²) in [5.74, 6) is 1.05. The second-order valence-electron chi connectivity index (χ2n) is 6.34. The van der Waals surface area contributed by atoms with Crippen LogP contribution in [0.2, 0.25) is 0 Å². The summed E-state index contributed by atoms with van der Waals surface area (Å²) in [6, 6.07) is 15.1. The molecule has 0 aliphatic carbocycles. The lowest BCUT2D eigenvalue weighted by Crippen LogP contribution is -2.25. The van der Waals surface area contributed by atoms with E-state index in [2.05, 4.69) is 5.32 Å². The molecule has 0 aliphatic heterocycles. The highest BCUT2D eigenvalue weighted by Crippen LogP contribution is 2.34. The summed E-state index contributed by atoms with van der Waals surface area (Å²) in [6.07, 6.45) is 2.47. The van der Waals surface area contributed by atoms with Crippen LogP contribution in [0.25, 0.3) is 16.9 Å². The average molecular weight is 395 g/mol. The molecule has 7 nitrogen and oxygen atoms in total. The van der Waals surface area contributed by atoms with Gasteiger partial charge in [-0.25, -0.2) is 4.68 Å². The molecule has 0 saturated carbocycles. The van der Waals surface area contributed by atoms with Crippen LogP contribution < -0.4 is 14.8 Å². The third-order valence-corrected chi connectivity index (χ3v) is 4.45. The van der Waals surface area contributed by atoms with Crippen molar-refractivity contribution < 1.29 is 19.0 Å². The Hall–Kier alpha value is -3.32. The lowest BCUT2D eigenvalue weighted by atomic mass is 10.1. The topological polar surface area (TPSA) is 74.6 Å². The molecule has 152 valence electrons. The maximum absolute atomic E-state index is 12.9. The molecule has 0 saturated heterocycles. The number of rotatable bonds is 9. The van der Waals surface area contributed by atoms with Gasteiger partial charge in [-0.3, -0.25) is 4.79 Å². The second-order valence-corrected chi connectivity index (χ2v) is 6.34. The van der Waals surface area contributed by atoms with Crippen molar-refractivity contribution in [2.24, 2.45) is 0 Å². The van der Waals surface area contributed by atoms with Crippen LogP contribution >= 0.6 is 0 Å². The third kappa shape index (κ3) is 4.75. The summed E-state index contributed by atoms with van der Waals surface area (Å²) in [7, 11) is 4.81. The zero-order valence-corrected chi connectivity index (χ0v) is 16.8. The lowest BCUT2D eigenvalue weighted by molar-refractivity contribution is 0.0949. The molecule has 3 aromatic rings. The van der Waals surface area contributed by atoms with E-state index >= 15 is 0 Å². The molecule has 0 aliphatic rings. The fourth-order valence-electron chi connectivity index (χ4n) is 2.96. The van der Waals surface area contributed by atoms with Gasteiger partial charge >= 0.3 is 0 Å². The number of hydrogen-bond acceptors (Lipinski definition) is 5. The van der Waals surface area contributed by atoms with E-state index < -0.39 is 0 Å². The number of nitrogens with one attached hydrogen (secondary N) is 1. The molecule has 1 amide bonds. The predicted octanol–water partition coefficient (Wildman–Crippen LogP) is 3.32. The third-order valence-electron chi connectivity index (χ3n) is 4.45. The van der Waals surface area contributed by atoms with Gasteiger partial charge in [0.25, 0.3) is 5.91 Å². The highest BCUT2D eigenvalue weighted by Gasteiger charge is 2.21. The molecule has 3 rings (SSSR count). The average Bonchev–Trinajstić information content (AvgIpc) is 3.22. The van der Waals surface area contributed by atoms with E-state index in [4.69, 9.17) is 19.3 Å². The SMILES string of the molecule is COCCCNC(=O)c1cn(-c2ccccc2)nc1-c1ccc(OC)cc1OC. The summed E-state index contributed by atoms with van der Waals surface area (Å²) < 4.78 is 17.5. The molecule has 1 N–H and O–H groups in total. The summed E-state index contributed by atoms with van der Waals surface area (Å²) in [4.78, 5) is 12.9. The van der Waals surface area contributed by atoms with Crippen molar-refractivity contribution in [1.82, 2.24) is 15.1 Å². The Morgan fingerprint density at radius 2 is 1.86 bits per heavy atom. The fourth-order valence-corrected chi connectivity index (χ4v) is 2.96. The maximum atomic E-state index is 12.9. The smallest absolute Gasteiger partial charge is 0.255 e. The maximum Gasteiger partial charge on any atom is 0.255 e. The van der Waals surface area contributed by atoms with Crippen molar-refractivity contribution in [3.05, 3.63) is 60.3 Å². The van der Waals surface area contributed by atoms with Crippen LogP contribution in [-0.4, -0.2) is 50.2 Å². The van der Waals surface area contributed by atoms with E-state index in [1.807, 2.05) is 42.5 Å². The second kappa shape index (κ2) is 9.75.